The Morgan fingerprint density at radius 2 is 1.83 bits per heavy atom. The molecule has 0 aliphatic rings. The number of hydrogen-bond acceptors (Lipinski definition) is 4. The van der Waals surface area contributed by atoms with Gasteiger partial charge in [0.1, 0.15) is 5.75 Å². The van der Waals surface area contributed by atoms with Crippen LogP contribution in [0.15, 0.2) is 48.5 Å². The maximum atomic E-state index is 11.8. The molecule has 0 aromatic heterocycles. The van der Waals surface area contributed by atoms with E-state index in [-0.39, 0.29) is 19.1 Å². The predicted octanol–water partition coefficient (Wildman–Crippen LogP) is 3.16. The molecule has 6 heteroatoms. The summed E-state index contributed by atoms with van der Waals surface area (Å²) >= 11 is 2.20. The van der Waals surface area contributed by atoms with E-state index in [4.69, 9.17) is 9.47 Å². The number of aryl methyl sites for hydroxylation is 1. The molecule has 2 rings (SSSR count). The molecule has 23 heavy (non-hydrogen) atoms. The highest BCUT2D eigenvalue weighted by atomic mass is 127. The first kappa shape index (κ1) is 17.3. The lowest BCUT2D eigenvalue weighted by atomic mass is 10.2. The fourth-order valence-corrected chi connectivity index (χ4v) is 2.45. The zero-order valence-corrected chi connectivity index (χ0v) is 14.7. The molecule has 0 saturated carbocycles. The monoisotopic (exact) mass is 425 g/mol. The molecule has 0 bridgehead atoms. The third kappa shape index (κ3) is 5.90. The number of nitrogens with one attached hydrogen (secondary N) is 1. The van der Waals surface area contributed by atoms with Crippen molar-refractivity contribution < 1.29 is 19.1 Å². The molecule has 0 saturated heterocycles. The van der Waals surface area contributed by atoms with Crippen molar-refractivity contribution in [3.63, 3.8) is 0 Å². The van der Waals surface area contributed by atoms with Crippen molar-refractivity contribution in [3.8, 4) is 5.75 Å². The van der Waals surface area contributed by atoms with Crippen molar-refractivity contribution >= 4 is 40.2 Å². The molecule has 1 amide bonds. The molecule has 0 aliphatic heterocycles. The van der Waals surface area contributed by atoms with Gasteiger partial charge in [-0.3, -0.25) is 4.79 Å². The molecule has 0 radical (unpaired) electrons. The van der Waals surface area contributed by atoms with Gasteiger partial charge in [0, 0.05) is 9.26 Å². The Morgan fingerprint density at radius 1 is 1.09 bits per heavy atom. The van der Waals surface area contributed by atoms with Crippen molar-refractivity contribution in [2.24, 2.45) is 0 Å². The van der Waals surface area contributed by atoms with Gasteiger partial charge >= 0.3 is 5.97 Å². The molecule has 0 atom stereocenters. The number of para-hydroxylation sites is 1. The highest BCUT2D eigenvalue weighted by molar-refractivity contribution is 14.1. The first-order chi connectivity index (χ1) is 11.0. The second kappa shape index (κ2) is 8.52. The van der Waals surface area contributed by atoms with Crippen molar-refractivity contribution in [1.82, 2.24) is 0 Å². The van der Waals surface area contributed by atoms with Crippen LogP contribution in [0, 0.1) is 10.5 Å². The minimum absolute atomic E-state index is 0.236. The van der Waals surface area contributed by atoms with Crippen molar-refractivity contribution in [1.29, 1.82) is 0 Å². The number of ether oxygens (including phenoxy) is 2. The van der Waals surface area contributed by atoms with Gasteiger partial charge in [-0.05, 0) is 65.4 Å². The normalized spacial score (nSPS) is 10.0. The molecule has 120 valence electrons. The summed E-state index contributed by atoms with van der Waals surface area (Å²) < 4.78 is 11.2. The Morgan fingerprint density at radius 3 is 2.52 bits per heavy atom. The lowest BCUT2D eigenvalue weighted by molar-refractivity contribution is -0.149. The number of amides is 1. The molecular formula is C17H16INO4. The van der Waals surface area contributed by atoms with E-state index in [1.807, 2.05) is 31.2 Å². The minimum Gasteiger partial charge on any atom is -0.482 e. The topological polar surface area (TPSA) is 64.6 Å². The highest BCUT2D eigenvalue weighted by Gasteiger charge is 2.10. The van der Waals surface area contributed by atoms with Gasteiger partial charge in [-0.2, -0.15) is 0 Å². The molecule has 0 heterocycles. The number of hydrogen-bond donors (Lipinski definition) is 1. The van der Waals surface area contributed by atoms with Crippen molar-refractivity contribution in [2.75, 3.05) is 18.5 Å². The van der Waals surface area contributed by atoms with E-state index in [1.54, 1.807) is 24.3 Å². The van der Waals surface area contributed by atoms with E-state index in [0.29, 0.717) is 11.4 Å². The van der Waals surface area contributed by atoms with Crippen LogP contribution < -0.4 is 10.1 Å². The molecule has 0 aliphatic carbocycles. The van der Waals surface area contributed by atoms with Gasteiger partial charge < -0.3 is 14.8 Å². The predicted molar refractivity (Wildman–Crippen MR) is 95.4 cm³/mol. The van der Waals surface area contributed by atoms with Crippen molar-refractivity contribution in [2.45, 2.75) is 6.92 Å². The van der Waals surface area contributed by atoms with E-state index in [9.17, 15) is 9.59 Å². The zero-order valence-electron chi connectivity index (χ0n) is 12.5. The summed E-state index contributed by atoms with van der Waals surface area (Å²) in [6, 6.07) is 14.6. The van der Waals surface area contributed by atoms with Gasteiger partial charge in [0.05, 0.1) is 0 Å². The van der Waals surface area contributed by atoms with Gasteiger partial charge in [-0.15, -0.1) is 0 Å². The van der Waals surface area contributed by atoms with Crippen LogP contribution in [0.3, 0.4) is 0 Å². The van der Waals surface area contributed by atoms with E-state index >= 15 is 0 Å². The third-order valence-electron chi connectivity index (χ3n) is 2.93. The Bertz CT molecular complexity index is 688. The van der Waals surface area contributed by atoms with Gasteiger partial charge in [-0.1, -0.05) is 18.2 Å². The first-order valence-corrected chi connectivity index (χ1v) is 8.02. The third-order valence-corrected chi connectivity index (χ3v) is 3.60. The summed E-state index contributed by atoms with van der Waals surface area (Å²) in [6.45, 7) is 1.32. The molecule has 0 unspecified atom stereocenters. The van der Waals surface area contributed by atoms with Crippen LogP contribution in [0.25, 0.3) is 0 Å². The molecule has 2 aromatic rings. The zero-order chi connectivity index (χ0) is 16.7. The Hall–Kier alpha value is -2.09. The van der Waals surface area contributed by atoms with Gasteiger partial charge in [0.25, 0.3) is 5.91 Å². The lowest BCUT2D eigenvalue weighted by Gasteiger charge is -2.10. The summed E-state index contributed by atoms with van der Waals surface area (Å²) in [5.74, 6) is -0.408. The number of rotatable bonds is 6. The maximum Gasteiger partial charge on any atom is 0.344 e. The van der Waals surface area contributed by atoms with Gasteiger partial charge in [0.15, 0.2) is 13.2 Å². The largest absolute Gasteiger partial charge is 0.482 e. The number of carbonyl (C=O) groups is 2. The van der Waals surface area contributed by atoms with Crippen LogP contribution in [0.5, 0.6) is 5.75 Å². The van der Waals surface area contributed by atoms with E-state index in [0.717, 1.165) is 9.13 Å². The first-order valence-electron chi connectivity index (χ1n) is 6.94. The lowest BCUT2D eigenvalue weighted by Crippen LogP contribution is -2.24. The van der Waals surface area contributed by atoms with Crippen LogP contribution >= 0.6 is 22.6 Å². The SMILES string of the molecule is Cc1cc(I)ccc1NC(=O)COC(=O)COc1ccccc1. The number of carbonyl (C=O) groups excluding carboxylic acids is 2. The van der Waals surface area contributed by atoms with Crippen LogP contribution in [0.1, 0.15) is 5.56 Å². The van der Waals surface area contributed by atoms with Gasteiger partial charge in [0.2, 0.25) is 0 Å². The average Bonchev–Trinajstić information content (AvgIpc) is 2.54. The Balaban J connectivity index is 1.74. The van der Waals surface area contributed by atoms with E-state index in [2.05, 4.69) is 27.9 Å². The minimum atomic E-state index is -0.594. The van der Waals surface area contributed by atoms with Crippen LogP contribution in [-0.4, -0.2) is 25.1 Å². The quantitative estimate of drug-likeness (QED) is 0.571. The van der Waals surface area contributed by atoms with Crippen LogP contribution in [0.4, 0.5) is 5.69 Å². The summed E-state index contributed by atoms with van der Waals surface area (Å²) in [4.78, 5) is 23.4. The number of esters is 1. The molecular weight excluding hydrogens is 409 g/mol. The molecule has 2 aromatic carbocycles. The summed E-state index contributed by atoms with van der Waals surface area (Å²) in [6.07, 6.45) is 0. The standard InChI is InChI=1S/C17H16INO4/c1-12-9-13(18)7-8-15(12)19-16(20)10-23-17(21)11-22-14-5-3-2-4-6-14/h2-9H,10-11H2,1H3,(H,19,20). The number of halogens is 1. The molecule has 5 nitrogen and oxygen atoms in total. The Kier molecular flexibility index (Phi) is 6.40. The molecule has 1 N–H and O–H groups in total. The summed E-state index contributed by atoms with van der Waals surface area (Å²) in [5, 5.41) is 2.71. The number of benzene rings is 2. The van der Waals surface area contributed by atoms with Crippen LogP contribution in [0.2, 0.25) is 0 Å². The Labute approximate surface area is 148 Å². The fraction of sp³-hybridized carbons (Fsp3) is 0.176. The average molecular weight is 425 g/mol. The number of anilines is 1. The molecule has 0 spiro atoms. The maximum absolute atomic E-state index is 11.8. The van der Waals surface area contributed by atoms with E-state index < -0.39 is 5.97 Å². The van der Waals surface area contributed by atoms with Gasteiger partial charge in [-0.25, -0.2) is 4.79 Å². The summed E-state index contributed by atoms with van der Waals surface area (Å²) in [5.41, 5.74) is 1.65. The fourth-order valence-electron chi connectivity index (χ4n) is 1.80. The van der Waals surface area contributed by atoms with Crippen LogP contribution in [-0.2, 0) is 14.3 Å². The second-order valence-electron chi connectivity index (χ2n) is 4.77. The second-order valence-corrected chi connectivity index (χ2v) is 6.02. The van der Waals surface area contributed by atoms with Crippen molar-refractivity contribution in [3.05, 3.63) is 57.7 Å². The van der Waals surface area contributed by atoms with E-state index in [1.165, 1.54) is 0 Å². The molecule has 0 fully saturated rings. The smallest absolute Gasteiger partial charge is 0.344 e. The summed E-state index contributed by atoms with van der Waals surface area (Å²) in [7, 11) is 0. The highest BCUT2D eigenvalue weighted by Crippen LogP contribution is 2.17.